The van der Waals surface area contributed by atoms with Crippen molar-refractivity contribution < 1.29 is 0 Å². The molecular formula is C17H20N4. The summed E-state index contributed by atoms with van der Waals surface area (Å²) in [6, 6.07) is 0. The fourth-order valence-corrected chi connectivity index (χ4v) is 2.59. The fraction of sp³-hybridized carbons (Fsp3) is 0.353. The van der Waals surface area contributed by atoms with Gasteiger partial charge in [-0.2, -0.15) is 5.10 Å². The van der Waals surface area contributed by atoms with Crippen LogP contribution in [-0.2, 0) is 0 Å². The molecule has 0 aliphatic carbocycles. The fourth-order valence-electron chi connectivity index (χ4n) is 2.59. The van der Waals surface area contributed by atoms with E-state index in [1.54, 1.807) is 0 Å². The van der Waals surface area contributed by atoms with Crippen LogP contribution < -0.4 is 0 Å². The number of allylic oxidation sites excluding steroid dienone is 4. The minimum absolute atomic E-state index is 0.405. The summed E-state index contributed by atoms with van der Waals surface area (Å²) in [7, 11) is 0. The summed E-state index contributed by atoms with van der Waals surface area (Å²) in [5, 5.41) is 4.46. The number of nitrogens with zero attached hydrogens (tertiary/aromatic N) is 4. The highest BCUT2D eigenvalue weighted by Gasteiger charge is 2.15. The first-order valence-electron chi connectivity index (χ1n) is 7.54. The zero-order chi connectivity index (χ0) is 14.5. The molecule has 1 aromatic rings. The van der Waals surface area contributed by atoms with Gasteiger partial charge in [-0.25, -0.2) is 9.67 Å². The minimum atomic E-state index is 0.405. The molecule has 1 unspecified atom stereocenters. The van der Waals surface area contributed by atoms with Crippen molar-refractivity contribution in [2.75, 3.05) is 0 Å². The van der Waals surface area contributed by atoms with Gasteiger partial charge in [0.25, 0.3) is 0 Å². The molecule has 108 valence electrons. The van der Waals surface area contributed by atoms with Crippen molar-refractivity contribution in [3.05, 3.63) is 36.2 Å². The summed E-state index contributed by atoms with van der Waals surface area (Å²) < 4.78 is 1.87. The number of aromatic nitrogens is 2. The summed E-state index contributed by atoms with van der Waals surface area (Å²) in [5.74, 6) is 1.34. The third kappa shape index (κ3) is 3.10. The second-order valence-corrected chi connectivity index (χ2v) is 5.28. The molecular weight excluding hydrogens is 260 g/mol. The van der Waals surface area contributed by atoms with Gasteiger partial charge in [-0.15, -0.1) is 0 Å². The monoisotopic (exact) mass is 280 g/mol. The molecule has 0 saturated heterocycles. The lowest BCUT2D eigenvalue weighted by atomic mass is 10.0. The van der Waals surface area contributed by atoms with Crippen molar-refractivity contribution in [1.82, 2.24) is 9.78 Å². The molecule has 3 heterocycles. The van der Waals surface area contributed by atoms with Crippen molar-refractivity contribution >= 4 is 30.0 Å². The van der Waals surface area contributed by atoms with Crippen molar-refractivity contribution in [2.24, 2.45) is 15.9 Å². The molecule has 4 heteroatoms. The van der Waals surface area contributed by atoms with Crippen molar-refractivity contribution in [1.29, 1.82) is 0 Å². The number of hydrogen-bond donors (Lipinski definition) is 0. The van der Waals surface area contributed by atoms with Gasteiger partial charge in [0, 0.05) is 42.7 Å². The first-order chi connectivity index (χ1) is 10.4. The summed E-state index contributed by atoms with van der Waals surface area (Å²) in [6.45, 7) is 2.20. The molecule has 1 atom stereocenters. The highest BCUT2D eigenvalue weighted by atomic mass is 15.3. The second-order valence-electron chi connectivity index (χ2n) is 5.28. The highest BCUT2D eigenvalue weighted by molar-refractivity contribution is 5.80. The molecule has 0 aromatic carbocycles. The Bertz CT molecular complexity index is 644. The molecule has 0 bridgehead atoms. The van der Waals surface area contributed by atoms with Crippen molar-refractivity contribution in [2.45, 2.75) is 32.6 Å². The molecule has 0 N–H and O–H groups in total. The van der Waals surface area contributed by atoms with E-state index in [0.717, 1.165) is 37.1 Å². The van der Waals surface area contributed by atoms with Gasteiger partial charge in [-0.3, -0.25) is 4.99 Å². The maximum absolute atomic E-state index is 4.69. The number of hydrogen-bond acceptors (Lipinski definition) is 3. The smallest absolute Gasteiger partial charge is 0.162 e. The van der Waals surface area contributed by atoms with Gasteiger partial charge < -0.3 is 0 Å². The first-order valence-corrected chi connectivity index (χ1v) is 7.54. The third-order valence-corrected chi connectivity index (χ3v) is 3.70. The van der Waals surface area contributed by atoms with E-state index in [1.807, 2.05) is 35.7 Å². The molecule has 3 rings (SSSR count). The number of fused-ring (bicyclic) bond motifs is 1. The molecule has 0 spiro atoms. The largest absolute Gasteiger partial charge is 0.269 e. The van der Waals surface area contributed by atoms with Gasteiger partial charge >= 0.3 is 0 Å². The SMILES string of the molecule is CCCC1C=Cn2ncc(C3=CCC=N/C=C\C3)c2N=C1. The van der Waals surface area contributed by atoms with Gasteiger partial charge in [0.05, 0.1) is 6.20 Å². The Morgan fingerprint density at radius 1 is 1.38 bits per heavy atom. The summed E-state index contributed by atoms with van der Waals surface area (Å²) in [5.41, 5.74) is 2.38. The Balaban J connectivity index is 1.92. The zero-order valence-electron chi connectivity index (χ0n) is 12.3. The lowest BCUT2D eigenvalue weighted by Gasteiger charge is -2.05. The number of aliphatic imine (C=N–C) groups is 2. The zero-order valence-corrected chi connectivity index (χ0v) is 12.3. The average molecular weight is 280 g/mol. The van der Waals surface area contributed by atoms with Crippen LogP contribution in [0.15, 0.2) is 40.6 Å². The summed E-state index contributed by atoms with van der Waals surface area (Å²) in [4.78, 5) is 8.86. The predicted molar refractivity (Wildman–Crippen MR) is 89.0 cm³/mol. The van der Waals surface area contributed by atoms with E-state index in [-0.39, 0.29) is 0 Å². The van der Waals surface area contributed by atoms with E-state index >= 15 is 0 Å². The van der Waals surface area contributed by atoms with Gasteiger partial charge in [-0.1, -0.05) is 31.6 Å². The first kappa shape index (κ1) is 13.7. The molecule has 2 aliphatic rings. The molecule has 2 aliphatic heterocycles. The normalized spacial score (nSPS) is 22.1. The van der Waals surface area contributed by atoms with E-state index in [1.165, 1.54) is 5.57 Å². The van der Waals surface area contributed by atoms with E-state index in [2.05, 4.69) is 35.2 Å². The third-order valence-electron chi connectivity index (χ3n) is 3.70. The maximum Gasteiger partial charge on any atom is 0.162 e. The molecule has 0 radical (unpaired) electrons. The van der Waals surface area contributed by atoms with E-state index in [0.29, 0.717) is 5.92 Å². The van der Waals surface area contributed by atoms with Crippen molar-refractivity contribution in [3.63, 3.8) is 0 Å². The molecule has 1 aromatic heterocycles. The molecule has 0 amide bonds. The van der Waals surface area contributed by atoms with Crippen LogP contribution in [0, 0.1) is 5.92 Å². The molecule has 0 saturated carbocycles. The standard InChI is InChI=1S/C17H20N4/c1-2-5-14-8-11-21-17(19-12-14)16(13-20-21)15-6-3-9-18-10-4-7-15/h3,7-14H,2,4-6H2,1H3/b9-3-,15-7?,18-10?. The van der Waals surface area contributed by atoms with Crippen LogP contribution in [-0.4, -0.2) is 22.2 Å². The molecule has 21 heavy (non-hydrogen) atoms. The van der Waals surface area contributed by atoms with Gasteiger partial charge in [0.1, 0.15) is 0 Å². The number of rotatable bonds is 3. The Kier molecular flexibility index (Phi) is 4.24. The van der Waals surface area contributed by atoms with Crippen LogP contribution in [0.4, 0.5) is 5.82 Å². The van der Waals surface area contributed by atoms with Gasteiger partial charge in [0.2, 0.25) is 0 Å². The highest BCUT2D eigenvalue weighted by Crippen LogP contribution is 2.31. The summed E-state index contributed by atoms with van der Waals surface area (Å²) in [6.07, 6.45) is 20.2. The Morgan fingerprint density at radius 3 is 3.24 bits per heavy atom. The van der Waals surface area contributed by atoms with E-state index in [9.17, 15) is 0 Å². The van der Waals surface area contributed by atoms with Crippen LogP contribution in [0.1, 0.15) is 38.2 Å². The van der Waals surface area contributed by atoms with Crippen LogP contribution >= 0.6 is 0 Å². The summed E-state index contributed by atoms with van der Waals surface area (Å²) >= 11 is 0. The second kappa shape index (κ2) is 6.48. The Morgan fingerprint density at radius 2 is 2.33 bits per heavy atom. The van der Waals surface area contributed by atoms with Crippen LogP contribution in [0.5, 0.6) is 0 Å². The maximum atomic E-state index is 4.69. The average Bonchev–Trinajstić information content (AvgIpc) is 2.74. The van der Waals surface area contributed by atoms with Gasteiger partial charge in [0.15, 0.2) is 5.82 Å². The van der Waals surface area contributed by atoms with Crippen LogP contribution in [0.2, 0.25) is 0 Å². The lowest BCUT2D eigenvalue weighted by molar-refractivity contribution is 0.733. The molecule has 0 fully saturated rings. The van der Waals surface area contributed by atoms with Crippen molar-refractivity contribution in [3.8, 4) is 0 Å². The van der Waals surface area contributed by atoms with E-state index in [4.69, 9.17) is 4.99 Å². The Labute approximate surface area is 125 Å². The van der Waals surface area contributed by atoms with Gasteiger partial charge in [-0.05, 0) is 18.4 Å². The predicted octanol–water partition coefficient (Wildman–Crippen LogP) is 4.25. The Hall–Kier alpha value is -2.23. The quantitative estimate of drug-likeness (QED) is 0.816. The lowest BCUT2D eigenvalue weighted by Crippen LogP contribution is -1.95. The topological polar surface area (TPSA) is 42.5 Å². The van der Waals surface area contributed by atoms with Crippen LogP contribution in [0.3, 0.4) is 0 Å². The van der Waals surface area contributed by atoms with Crippen LogP contribution in [0.25, 0.3) is 11.8 Å². The van der Waals surface area contributed by atoms with E-state index < -0.39 is 0 Å². The minimum Gasteiger partial charge on any atom is -0.269 e. The molecule has 4 nitrogen and oxygen atoms in total.